The first kappa shape index (κ1) is 19.4. The molecule has 1 aliphatic heterocycles. The Balaban J connectivity index is 2.22. The molecular formula is C21H28N2O4. The normalized spacial score (nSPS) is 22.2. The lowest BCUT2D eigenvalue weighted by Crippen LogP contribution is -2.49. The molecule has 27 heavy (non-hydrogen) atoms. The third-order valence-electron chi connectivity index (χ3n) is 5.32. The van der Waals surface area contributed by atoms with E-state index < -0.39 is 0 Å². The number of Topliss-reactive ketones (excluding diaryl/α,β-unsaturated/α-hetero) is 1. The van der Waals surface area contributed by atoms with Crippen LogP contribution in [0.2, 0.25) is 0 Å². The van der Waals surface area contributed by atoms with E-state index in [0.717, 1.165) is 16.8 Å². The number of ether oxygens (including phenoxy) is 2. The fourth-order valence-corrected chi connectivity index (χ4v) is 4.32. The number of carbonyl (C=O) groups is 2. The minimum absolute atomic E-state index is 0.0147. The van der Waals surface area contributed by atoms with E-state index in [4.69, 9.17) is 9.47 Å². The van der Waals surface area contributed by atoms with Gasteiger partial charge < -0.3 is 9.47 Å². The van der Waals surface area contributed by atoms with Crippen molar-refractivity contribution in [3.8, 4) is 11.5 Å². The van der Waals surface area contributed by atoms with Crippen LogP contribution in [0, 0.1) is 5.41 Å². The van der Waals surface area contributed by atoms with Gasteiger partial charge in [0.1, 0.15) is 0 Å². The summed E-state index contributed by atoms with van der Waals surface area (Å²) in [6.07, 6.45) is 1.39. The van der Waals surface area contributed by atoms with Crippen molar-refractivity contribution >= 4 is 11.7 Å². The van der Waals surface area contributed by atoms with Gasteiger partial charge in [-0.2, -0.15) is 0 Å². The number of para-hydroxylation sites is 1. The van der Waals surface area contributed by atoms with Crippen LogP contribution in [0.5, 0.6) is 11.5 Å². The monoisotopic (exact) mass is 372 g/mol. The smallest absolute Gasteiger partial charge is 0.242 e. The lowest BCUT2D eigenvalue weighted by Gasteiger charge is -2.44. The first-order chi connectivity index (χ1) is 12.7. The van der Waals surface area contributed by atoms with Crippen molar-refractivity contribution in [1.29, 1.82) is 0 Å². The van der Waals surface area contributed by atoms with Gasteiger partial charge in [-0.25, -0.2) is 10.0 Å². The van der Waals surface area contributed by atoms with Crippen LogP contribution in [0.3, 0.4) is 0 Å². The van der Waals surface area contributed by atoms with E-state index in [9.17, 15) is 9.59 Å². The predicted octanol–water partition coefficient (Wildman–Crippen LogP) is 3.14. The number of hydrazine groups is 1. The van der Waals surface area contributed by atoms with E-state index in [0.29, 0.717) is 24.3 Å². The van der Waals surface area contributed by atoms with E-state index in [1.54, 1.807) is 24.2 Å². The van der Waals surface area contributed by atoms with E-state index in [2.05, 4.69) is 13.8 Å². The Labute approximate surface area is 160 Å². The molecule has 0 bridgehead atoms. The second-order valence-corrected chi connectivity index (χ2v) is 8.19. The highest BCUT2D eigenvalue weighted by Crippen LogP contribution is 2.49. The average Bonchev–Trinajstić information content (AvgIpc) is 2.58. The van der Waals surface area contributed by atoms with Crippen LogP contribution in [-0.2, 0) is 9.59 Å². The fourth-order valence-electron chi connectivity index (χ4n) is 4.32. The summed E-state index contributed by atoms with van der Waals surface area (Å²) < 4.78 is 11.0. The highest BCUT2D eigenvalue weighted by Gasteiger charge is 2.45. The third kappa shape index (κ3) is 3.34. The van der Waals surface area contributed by atoms with Crippen molar-refractivity contribution in [1.82, 2.24) is 10.0 Å². The molecule has 0 saturated carbocycles. The van der Waals surface area contributed by atoms with Crippen LogP contribution >= 0.6 is 0 Å². The van der Waals surface area contributed by atoms with Gasteiger partial charge in [0.25, 0.3) is 0 Å². The Morgan fingerprint density at radius 3 is 2.41 bits per heavy atom. The second kappa shape index (κ2) is 7.00. The fraction of sp³-hybridized carbons (Fsp3) is 0.524. The molecule has 1 aromatic rings. The van der Waals surface area contributed by atoms with Crippen molar-refractivity contribution in [2.45, 2.75) is 39.0 Å². The summed E-state index contributed by atoms with van der Waals surface area (Å²) in [5.41, 5.74) is 2.19. The topological polar surface area (TPSA) is 59.1 Å². The number of nitrogens with zero attached hydrogens (tertiary/aromatic N) is 2. The number of methoxy groups -OCH3 is 2. The van der Waals surface area contributed by atoms with Gasteiger partial charge in [-0.1, -0.05) is 26.0 Å². The third-order valence-corrected chi connectivity index (χ3v) is 5.32. The van der Waals surface area contributed by atoms with E-state index in [-0.39, 0.29) is 29.4 Å². The molecule has 0 spiro atoms. The largest absolute Gasteiger partial charge is 0.493 e. The highest BCUT2D eigenvalue weighted by molar-refractivity contribution is 6.02. The molecule has 0 radical (unpaired) electrons. The van der Waals surface area contributed by atoms with Crippen molar-refractivity contribution in [3.63, 3.8) is 0 Å². The molecule has 0 N–H and O–H groups in total. The molecular weight excluding hydrogens is 344 g/mol. The van der Waals surface area contributed by atoms with Crippen molar-refractivity contribution in [3.05, 3.63) is 35.0 Å². The van der Waals surface area contributed by atoms with Crippen molar-refractivity contribution in [2.24, 2.45) is 5.41 Å². The molecule has 1 heterocycles. The quantitative estimate of drug-likeness (QED) is 0.813. The molecule has 2 aliphatic rings. The average molecular weight is 372 g/mol. The molecule has 6 nitrogen and oxygen atoms in total. The van der Waals surface area contributed by atoms with E-state index in [1.165, 1.54) is 0 Å². The SMILES string of the molecule is COc1cccc(C2CC(=O)N(N(C)C)C3=C2C(=O)CC(C)(C)C3)c1OC. The van der Waals surface area contributed by atoms with Gasteiger partial charge in [0.05, 0.1) is 14.2 Å². The van der Waals surface area contributed by atoms with Gasteiger partial charge in [-0.05, 0) is 17.9 Å². The van der Waals surface area contributed by atoms with Crippen LogP contribution in [0.25, 0.3) is 0 Å². The maximum atomic E-state index is 13.2. The zero-order valence-electron chi connectivity index (χ0n) is 17.0. The predicted molar refractivity (Wildman–Crippen MR) is 102 cm³/mol. The molecule has 1 aromatic carbocycles. The molecule has 6 heteroatoms. The second-order valence-electron chi connectivity index (χ2n) is 8.19. The lowest BCUT2D eigenvalue weighted by molar-refractivity contribution is -0.143. The Hall–Kier alpha value is -2.34. The van der Waals surface area contributed by atoms with Crippen LogP contribution in [0.15, 0.2) is 29.5 Å². The first-order valence-electron chi connectivity index (χ1n) is 9.17. The van der Waals surface area contributed by atoms with Gasteiger partial charge >= 0.3 is 0 Å². The van der Waals surface area contributed by atoms with Gasteiger partial charge in [-0.15, -0.1) is 0 Å². The van der Waals surface area contributed by atoms with Gasteiger partial charge in [0.2, 0.25) is 5.91 Å². The number of allylic oxidation sites excluding steroid dienone is 2. The number of hydrogen-bond donors (Lipinski definition) is 0. The molecule has 146 valence electrons. The molecule has 1 atom stereocenters. The molecule has 3 rings (SSSR count). The maximum Gasteiger partial charge on any atom is 0.242 e. The number of hydrogen-bond acceptors (Lipinski definition) is 5. The zero-order valence-corrected chi connectivity index (χ0v) is 17.0. The first-order valence-corrected chi connectivity index (χ1v) is 9.17. The van der Waals surface area contributed by atoms with Crippen LogP contribution in [0.4, 0.5) is 0 Å². The number of benzene rings is 1. The lowest BCUT2D eigenvalue weighted by atomic mass is 9.69. The van der Waals surface area contributed by atoms with Crippen LogP contribution < -0.4 is 9.47 Å². The summed E-state index contributed by atoms with van der Waals surface area (Å²) >= 11 is 0. The number of ketones is 1. The van der Waals surface area contributed by atoms with E-state index in [1.807, 2.05) is 32.3 Å². The molecule has 0 fully saturated rings. The van der Waals surface area contributed by atoms with Crippen LogP contribution in [-0.4, -0.2) is 50.0 Å². The van der Waals surface area contributed by atoms with Crippen molar-refractivity contribution < 1.29 is 19.1 Å². The Kier molecular flexibility index (Phi) is 5.04. The standard InChI is InChI=1S/C21H28N2O4/c1-21(2)11-15-19(16(24)12-21)14(10-18(25)23(15)22(3)4)13-8-7-9-17(26-5)20(13)27-6/h7-9,14H,10-12H2,1-6H3. The summed E-state index contributed by atoms with van der Waals surface area (Å²) in [5.74, 6) is 0.954. The van der Waals surface area contributed by atoms with Crippen molar-refractivity contribution in [2.75, 3.05) is 28.3 Å². The zero-order chi connectivity index (χ0) is 19.9. The van der Waals surface area contributed by atoms with Gasteiger partial charge in [0.15, 0.2) is 17.3 Å². The molecule has 1 aliphatic carbocycles. The summed E-state index contributed by atoms with van der Waals surface area (Å²) in [5, 5.41) is 3.43. The molecule has 0 saturated heterocycles. The molecule has 0 aromatic heterocycles. The summed E-state index contributed by atoms with van der Waals surface area (Å²) in [4.78, 5) is 26.2. The molecule has 1 amide bonds. The minimum atomic E-state index is -0.322. The maximum absolute atomic E-state index is 13.2. The highest BCUT2D eigenvalue weighted by atomic mass is 16.5. The Morgan fingerprint density at radius 1 is 1.11 bits per heavy atom. The number of carbonyl (C=O) groups excluding carboxylic acids is 2. The minimum Gasteiger partial charge on any atom is -0.493 e. The summed E-state index contributed by atoms with van der Waals surface area (Å²) in [6.45, 7) is 4.14. The molecule has 1 unspecified atom stereocenters. The Bertz CT molecular complexity index is 810. The van der Waals surface area contributed by atoms with Gasteiger partial charge in [-0.3, -0.25) is 9.59 Å². The summed E-state index contributed by atoms with van der Waals surface area (Å²) in [6, 6.07) is 5.61. The van der Waals surface area contributed by atoms with Crippen LogP contribution in [0.1, 0.15) is 44.6 Å². The number of amides is 1. The van der Waals surface area contributed by atoms with Gasteiger partial charge in [0, 0.05) is 49.7 Å². The van der Waals surface area contributed by atoms with E-state index >= 15 is 0 Å². The Morgan fingerprint density at radius 2 is 1.81 bits per heavy atom. The number of rotatable bonds is 4. The summed E-state index contributed by atoms with van der Waals surface area (Å²) in [7, 11) is 6.84.